The van der Waals surface area contributed by atoms with Crippen LogP contribution in [0.15, 0.2) is 76.6 Å². The first-order valence-electron chi connectivity index (χ1n) is 12.0. The Kier molecular flexibility index (Phi) is 6.72. The van der Waals surface area contributed by atoms with Crippen molar-refractivity contribution in [1.82, 2.24) is 9.99 Å². The number of hydrazone groups is 1. The first-order chi connectivity index (χ1) is 17.9. The molecule has 0 aliphatic carbocycles. The van der Waals surface area contributed by atoms with Crippen molar-refractivity contribution in [2.24, 2.45) is 5.10 Å². The number of benzene rings is 3. The minimum Gasteiger partial charge on any atom is -0.497 e. The quantitative estimate of drug-likeness (QED) is 0.344. The van der Waals surface area contributed by atoms with Crippen LogP contribution in [0.4, 0.5) is 0 Å². The molecule has 2 heterocycles. The molecule has 1 aliphatic heterocycles. The number of hydrogen-bond acceptors (Lipinski definition) is 5. The van der Waals surface area contributed by atoms with Crippen LogP contribution in [0.3, 0.4) is 0 Å². The molecule has 1 atom stereocenters. The number of H-pyrrole nitrogens is 1. The lowest BCUT2D eigenvalue weighted by Gasteiger charge is -2.23. The molecule has 0 spiro atoms. The third kappa shape index (κ3) is 4.47. The van der Waals surface area contributed by atoms with Gasteiger partial charge in [-0.25, -0.2) is 5.01 Å². The van der Waals surface area contributed by atoms with Crippen molar-refractivity contribution in [2.45, 2.75) is 25.8 Å². The Hall–Kier alpha value is -4.10. The summed E-state index contributed by atoms with van der Waals surface area (Å²) in [4.78, 5) is 29.6. The molecule has 8 heteroatoms. The van der Waals surface area contributed by atoms with Gasteiger partial charge in [-0.1, -0.05) is 48.9 Å². The lowest BCUT2D eigenvalue weighted by molar-refractivity contribution is -0.132. The van der Waals surface area contributed by atoms with E-state index < -0.39 is 6.04 Å². The molecule has 1 aliphatic rings. The Morgan fingerprint density at radius 3 is 2.54 bits per heavy atom. The number of halogens is 1. The zero-order valence-electron chi connectivity index (χ0n) is 20.7. The maximum absolute atomic E-state index is 13.6. The monoisotopic (exact) mass is 515 g/mol. The molecule has 0 unspecified atom stereocenters. The van der Waals surface area contributed by atoms with Gasteiger partial charge in [-0.3, -0.25) is 9.59 Å². The summed E-state index contributed by atoms with van der Waals surface area (Å²) >= 11 is 6.38. The van der Waals surface area contributed by atoms with Crippen molar-refractivity contribution in [1.29, 1.82) is 0 Å². The predicted molar refractivity (Wildman–Crippen MR) is 146 cm³/mol. The SMILES string of the molecule is CCC(=O)N1N=C(c2c(-c3ccccc3)c3cc(Cl)ccc3[nH]c2=O)C[C@H]1c1cc(OC)ccc1OC. The number of ether oxygens (including phenoxy) is 2. The number of nitrogens with zero attached hydrogens (tertiary/aromatic N) is 2. The molecule has 5 rings (SSSR count). The van der Waals surface area contributed by atoms with Crippen molar-refractivity contribution < 1.29 is 14.3 Å². The van der Waals surface area contributed by atoms with E-state index in [1.54, 1.807) is 45.4 Å². The zero-order valence-corrected chi connectivity index (χ0v) is 21.5. The van der Waals surface area contributed by atoms with Gasteiger partial charge in [0.15, 0.2) is 0 Å². The summed E-state index contributed by atoms with van der Waals surface area (Å²) in [6.07, 6.45) is 0.582. The van der Waals surface area contributed by atoms with Gasteiger partial charge in [0.2, 0.25) is 5.91 Å². The number of aromatic nitrogens is 1. The molecule has 0 saturated heterocycles. The van der Waals surface area contributed by atoms with Gasteiger partial charge in [-0.05, 0) is 42.0 Å². The van der Waals surface area contributed by atoms with Gasteiger partial charge in [-0.15, -0.1) is 0 Å². The van der Waals surface area contributed by atoms with E-state index in [-0.39, 0.29) is 17.9 Å². The molecule has 3 aromatic carbocycles. The van der Waals surface area contributed by atoms with Crippen LogP contribution < -0.4 is 15.0 Å². The molecule has 0 bridgehead atoms. The number of nitrogens with one attached hydrogen (secondary N) is 1. The minimum absolute atomic E-state index is 0.161. The normalized spacial score (nSPS) is 15.1. The van der Waals surface area contributed by atoms with Crippen molar-refractivity contribution >= 4 is 34.1 Å². The highest BCUT2D eigenvalue weighted by Crippen LogP contribution is 2.41. The largest absolute Gasteiger partial charge is 0.497 e. The maximum Gasteiger partial charge on any atom is 0.258 e. The molecule has 1 amide bonds. The summed E-state index contributed by atoms with van der Waals surface area (Å²) in [6, 6.07) is 20.0. The van der Waals surface area contributed by atoms with Crippen LogP contribution in [0.2, 0.25) is 5.02 Å². The zero-order chi connectivity index (χ0) is 26.1. The van der Waals surface area contributed by atoms with Gasteiger partial charge in [0.25, 0.3) is 5.56 Å². The number of carbonyl (C=O) groups is 1. The minimum atomic E-state index is -0.467. The van der Waals surface area contributed by atoms with Gasteiger partial charge in [-0.2, -0.15) is 5.10 Å². The number of carbonyl (C=O) groups excluding carboxylic acids is 1. The summed E-state index contributed by atoms with van der Waals surface area (Å²) in [7, 11) is 3.17. The van der Waals surface area contributed by atoms with Crippen LogP contribution in [0.25, 0.3) is 22.0 Å². The van der Waals surface area contributed by atoms with Crippen molar-refractivity contribution in [2.75, 3.05) is 14.2 Å². The first kappa shape index (κ1) is 24.6. The number of amides is 1. The summed E-state index contributed by atoms with van der Waals surface area (Å²) in [5.74, 6) is 1.08. The van der Waals surface area contributed by atoms with Crippen LogP contribution >= 0.6 is 11.6 Å². The predicted octanol–water partition coefficient (Wildman–Crippen LogP) is 5.95. The molecule has 0 radical (unpaired) electrons. The molecule has 1 aromatic heterocycles. The summed E-state index contributed by atoms with van der Waals surface area (Å²) in [5.41, 5.74) is 3.65. The maximum atomic E-state index is 13.6. The lowest BCUT2D eigenvalue weighted by atomic mass is 9.90. The van der Waals surface area contributed by atoms with Gasteiger partial charge in [0.05, 0.1) is 31.5 Å². The van der Waals surface area contributed by atoms with Crippen molar-refractivity contribution in [3.8, 4) is 22.6 Å². The van der Waals surface area contributed by atoms with Crippen LogP contribution in [0, 0.1) is 0 Å². The van der Waals surface area contributed by atoms with E-state index in [0.29, 0.717) is 39.7 Å². The molecule has 1 N–H and O–H groups in total. The second-order valence-corrected chi connectivity index (χ2v) is 9.16. The van der Waals surface area contributed by atoms with Crippen LogP contribution in [0.1, 0.15) is 36.9 Å². The van der Waals surface area contributed by atoms with Gasteiger partial charge < -0.3 is 14.5 Å². The number of pyridine rings is 1. The van der Waals surface area contributed by atoms with E-state index in [2.05, 4.69) is 4.98 Å². The third-order valence-corrected chi connectivity index (χ3v) is 6.83. The van der Waals surface area contributed by atoms with Gasteiger partial charge in [0.1, 0.15) is 11.5 Å². The molecule has 188 valence electrons. The number of methoxy groups -OCH3 is 2. The molecule has 37 heavy (non-hydrogen) atoms. The van der Waals surface area contributed by atoms with E-state index in [0.717, 1.165) is 22.1 Å². The third-order valence-electron chi connectivity index (χ3n) is 6.59. The van der Waals surface area contributed by atoms with Crippen molar-refractivity contribution in [3.63, 3.8) is 0 Å². The second-order valence-electron chi connectivity index (χ2n) is 8.73. The van der Waals surface area contributed by atoms with E-state index in [1.165, 1.54) is 5.01 Å². The molecular formula is C29H26ClN3O4. The average Bonchev–Trinajstić information content (AvgIpc) is 3.37. The topological polar surface area (TPSA) is 84.0 Å². The highest BCUT2D eigenvalue weighted by molar-refractivity contribution is 6.31. The van der Waals surface area contributed by atoms with E-state index in [1.807, 2.05) is 42.5 Å². The number of rotatable bonds is 6. The fourth-order valence-electron chi connectivity index (χ4n) is 4.84. The van der Waals surface area contributed by atoms with E-state index in [9.17, 15) is 9.59 Å². The van der Waals surface area contributed by atoms with E-state index in [4.69, 9.17) is 26.2 Å². The number of hydrogen-bond donors (Lipinski definition) is 1. The highest BCUT2D eigenvalue weighted by atomic mass is 35.5. The Morgan fingerprint density at radius 1 is 1.05 bits per heavy atom. The van der Waals surface area contributed by atoms with Gasteiger partial charge >= 0.3 is 0 Å². The molecule has 0 saturated carbocycles. The Balaban J connectivity index is 1.74. The van der Waals surface area contributed by atoms with Crippen LogP contribution in [0.5, 0.6) is 11.5 Å². The average molecular weight is 516 g/mol. The number of fused-ring (bicyclic) bond motifs is 1. The Bertz CT molecular complexity index is 1580. The highest BCUT2D eigenvalue weighted by Gasteiger charge is 2.36. The van der Waals surface area contributed by atoms with Crippen LogP contribution in [-0.2, 0) is 4.79 Å². The summed E-state index contributed by atoms with van der Waals surface area (Å²) < 4.78 is 11.1. The number of aromatic amines is 1. The summed E-state index contributed by atoms with van der Waals surface area (Å²) in [5, 5.41) is 7.56. The second kappa shape index (κ2) is 10.1. The molecule has 4 aromatic rings. The molecule has 0 fully saturated rings. The molecule has 7 nitrogen and oxygen atoms in total. The Labute approximate surface area is 219 Å². The first-order valence-corrected chi connectivity index (χ1v) is 12.4. The fourth-order valence-corrected chi connectivity index (χ4v) is 5.01. The van der Waals surface area contributed by atoms with Crippen molar-refractivity contribution in [3.05, 3.63) is 93.2 Å². The van der Waals surface area contributed by atoms with Crippen LogP contribution in [-0.4, -0.2) is 35.8 Å². The fraction of sp³-hybridized carbons (Fsp3) is 0.207. The molecular weight excluding hydrogens is 490 g/mol. The lowest BCUT2D eigenvalue weighted by Crippen LogP contribution is -2.26. The smallest absolute Gasteiger partial charge is 0.258 e. The van der Waals surface area contributed by atoms with E-state index >= 15 is 0 Å². The standard InChI is InChI=1S/C29H26ClN3O4/c1-4-26(34)33-24(21-15-19(36-2)11-13-25(21)37-3)16-23(32-33)28-27(17-8-6-5-7-9-17)20-14-18(30)10-12-22(20)31-29(28)35/h5-15,24H,4,16H2,1-3H3,(H,31,35)/t24-/m0/s1. The van der Waals surface area contributed by atoms with Gasteiger partial charge in [0, 0.05) is 39.9 Å². The summed E-state index contributed by atoms with van der Waals surface area (Å²) in [6.45, 7) is 1.79. The Morgan fingerprint density at radius 2 is 1.84 bits per heavy atom.